The molecule has 0 heterocycles. The zero-order valence-corrected chi connectivity index (χ0v) is 16.4. The van der Waals surface area contributed by atoms with Crippen LogP contribution in [0.25, 0.3) is 0 Å². The van der Waals surface area contributed by atoms with E-state index in [1.165, 1.54) is 0 Å². The fourth-order valence-electron chi connectivity index (χ4n) is 5.18. The zero-order valence-electron chi connectivity index (χ0n) is 16.4. The molecular formula is C20H28F2O6. The van der Waals surface area contributed by atoms with E-state index in [0.717, 1.165) is 19.3 Å². The smallest absolute Gasteiger partial charge is 0.437 e. The van der Waals surface area contributed by atoms with Gasteiger partial charge in [0, 0.05) is 0 Å². The first-order valence-electron chi connectivity index (χ1n) is 10.1. The van der Waals surface area contributed by atoms with Crippen molar-refractivity contribution in [1.82, 2.24) is 0 Å². The van der Waals surface area contributed by atoms with Crippen molar-refractivity contribution in [3.05, 3.63) is 0 Å². The molecule has 1 unspecified atom stereocenters. The van der Waals surface area contributed by atoms with Gasteiger partial charge in [-0.2, -0.15) is 8.78 Å². The summed E-state index contributed by atoms with van der Waals surface area (Å²) in [5.41, 5.74) is -0.860. The van der Waals surface area contributed by atoms with Crippen molar-refractivity contribution >= 4 is 17.9 Å². The molecule has 4 aliphatic rings. The summed E-state index contributed by atoms with van der Waals surface area (Å²) < 4.78 is 42.9. The van der Waals surface area contributed by atoms with Gasteiger partial charge in [0.15, 0.2) is 0 Å². The zero-order chi connectivity index (χ0) is 20.5. The molecule has 4 aliphatic carbocycles. The lowest BCUT2D eigenvalue weighted by molar-refractivity contribution is -0.216. The molecule has 4 bridgehead atoms. The first-order chi connectivity index (χ1) is 13.1. The Morgan fingerprint density at radius 3 is 1.96 bits per heavy atom. The van der Waals surface area contributed by atoms with Gasteiger partial charge in [0.05, 0.1) is 5.92 Å². The van der Waals surface area contributed by atoms with E-state index in [2.05, 4.69) is 4.74 Å². The first-order valence-corrected chi connectivity index (χ1v) is 10.1. The second-order valence-corrected chi connectivity index (χ2v) is 8.68. The summed E-state index contributed by atoms with van der Waals surface area (Å²) in [5, 5.41) is 0. The Balaban J connectivity index is 1.49. The number of hydrogen-bond acceptors (Lipinski definition) is 6. The van der Waals surface area contributed by atoms with Crippen molar-refractivity contribution < 1.29 is 37.4 Å². The summed E-state index contributed by atoms with van der Waals surface area (Å²) in [4.78, 5) is 35.3. The molecule has 0 aliphatic heterocycles. The minimum absolute atomic E-state index is 0.326. The van der Waals surface area contributed by atoms with Gasteiger partial charge in [-0.05, 0) is 62.7 Å². The van der Waals surface area contributed by atoms with Gasteiger partial charge in [-0.15, -0.1) is 0 Å². The third kappa shape index (κ3) is 4.30. The topological polar surface area (TPSA) is 78.9 Å². The van der Waals surface area contributed by atoms with E-state index in [0.29, 0.717) is 43.4 Å². The molecule has 28 heavy (non-hydrogen) atoms. The second-order valence-electron chi connectivity index (χ2n) is 8.68. The number of carbonyl (C=O) groups is 3. The van der Waals surface area contributed by atoms with Crippen molar-refractivity contribution in [2.75, 3.05) is 13.2 Å². The van der Waals surface area contributed by atoms with Crippen LogP contribution in [-0.2, 0) is 28.6 Å². The first kappa shape index (κ1) is 21.0. The molecule has 0 aromatic rings. The maximum atomic E-state index is 14.2. The van der Waals surface area contributed by atoms with Gasteiger partial charge in [0.25, 0.3) is 0 Å². The Labute approximate surface area is 163 Å². The fourth-order valence-corrected chi connectivity index (χ4v) is 5.18. The van der Waals surface area contributed by atoms with Gasteiger partial charge in [0.2, 0.25) is 0 Å². The largest absolute Gasteiger partial charge is 0.462 e. The van der Waals surface area contributed by atoms with Gasteiger partial charge in [-0.1, -0.05) is 13.8 Å². The van der Waals surface area contributed by atoms with E-state index < -0.39 is 36.0 Å². The number of ether oxygens (including phenoxy) is 3. The Bertz CT molecular complexity index is 597. The number of halogens is 2. The standard InChI is InChI=1S/C20H28F2O6/c1-3-12(2)16(23)26-4-5-27-17(24)20(21,22)18(25)28-19-9-13-6-14(10-19)8-15(7-13)11-19/h12-15H,3-11H2,1-2H3. The number of carbonyl (C=O) groups excluding carboxylic acids is 3. The maximum Gasteiger partial charge on any atom is 0.437 e. The molecule has 6 nitrogen and oxygen atoms in total. The number of hydrogen-bond donors (Lipinski definition) is 0. The van der Waals surface area contributed by atoms with E-state index >= 15 is 0 Å². The summed E-state index contributed by atoms with van der Waals surface area (Å²) in [6.07, 6.45) is 5.59. The van der Waals surface area contributed by atoms with Crippen molar-refractivity contribution in [3.8, 4) is 0 Å². The minimum atomic E-state index is -4.37. The molecule has 4 rings (SSSR count). The average Bonchev–Trinajstić information content (AvgIpc) is 2.62. The van der Waals surface area contributed by atoms with Crippen molar-refractivity contribution in [1.29, 1.82) is 0 Å². The van der Waals surface area contributed by atoms with Gasteiger partial charge in [-0.25, -0.2) is 9.59 Å². The van der Waals surface area contributed by atoms with Crippen molar-refractivity contribution in [2.24, 2.45) is 23.7 Å². The monoisotopic (exact) mass is 402 g/mol. The van der Waals surface area contributed by atoms with E-state index in [4.69, 9.17) is 9.47 Å². The summed E-state index contributed by atoms with van der Waals surface area (Å²) in [5.74, 6) is -7.75. The van der Waals surface area contributed by atoms with Crippen LogP contribution in [0.4, 0.5) is 8.78 Å². The Morgan fingerprint density at radius 1 is 0.964 bits per heavy atom. The molecule has 4 saturated carbocycles. The third-order valence-electron chi connectivity index (χ3n) is 6.38. The highest BCUT2D eigenvalue weighted by molar-refractivity contribution is 6.01. The molecule has 0 radical (unpaired) electrons. The highest BCUT2D eigenvalue weighted by atomic mass is 19.3. The van der Waals surface area contributed by atoms with Crippen LogP contribution in [0.1, 0.15) is 58.8 Å². The number of esters is 3. The Hall–Kier alpha value is -1.73. The van der Waals surface area contributed by atoms with Crippen molar-refractivity contribution in [2.45, 2.75) is 70.3 Å². The van der Waals surface area contributed by atoms with Crippen LogP contribution in [0, 0.1) is 23.7 Å². The van der Waals surface area contributed by atoms with Crippen molar-refractivity contribution in [3.63, 3.8) is 0 Å². The summed E-state index contributed by atoms with van der Waals surface area (Å²) in [6, 6.07) is 0. The molecule has 0 amide bonds. The van der Waals surface area contributed by atoms with Crippen LogP contribution in [0.5, 0.6) is 0 Å². The van der Waals surface area contributed by atoms with Crippen LogP contribution < -0.4 is 0 Å². The molecule has 0 aromatic heterocycles. The molecule has 0 saturated heterocycles. The highest BCUT2D eigenvalue weighted by Crippen LogP contribution is 2.57. The second kappa shape index (κ2) is 7.95. The SMILES string of the molecule is CCC(C)C(=O)OCCOC(=O)C(F)(F)C(=O)OC12CC3CC(CC(C3)C1)C2. The predicted octanol–water partition coefficient (Wildman–Crippen LogP) is 3.27. The van der Waals surface area contributed by atoms with E-state index in [-0.39, 0.29) is 12.5 Å². The molecule has 158 valence electrons. The fraction of sp³-hybridized carbons (Fsp3) is 0.850. The predicted molar refractivity (Wildman–Crippen MR) is 93.3 cm³/mol. The van der Waals surface area contributed by atoms with Crippen LogP contribution in [0.15, 0.2) is 0 Å². The maximum absolute atomic E-state index is 14.2. The van der Waals surface area contributed by atoms with Gasteiger partial charge >= 0.3 is 23.8 Å². The molecule has 4 fully saturated rings. The Morgan fingerprint density at radius 2 is 1.46 bits per heavy atom. The average molecular weight is 402 g/mol. The molecular weight excluding hydrogens is 374 g/mol. The lowest BCUT2D eigenvalue weighted by Gasteiger charge is -2.55. The van der Waals surface area contributed by atoms with E-state index in [1.807, 2.05) is 6.92 Å². The Kier molecular flexibility index (Phi) is 5.96. The van der Waals surface area contributed by atoms with Crippen LogP contribution >= 0.6 is 0 Å². The lowest BCUT2D eigenvalue weighted by Crippen LogP contribution is -2.55. The molecule has 8 heteroatoms. The molecule has 0 N–H and O–H groups in total. The number of alkyl halides is 2. The normalized spacial score (nSPS) is 31.9. The van der Waals surface area contributed by atoms with Crippen LogP contribution in [-0.4, -0.2) is 42.6 Å². The lowest BCUT2D eigenvalue weighted by atomic mass is 9.54. The van der Waals surface area contributed by atoms with Crippen LogP contribution in [0.2, 0.25) is 0 Å². The number of rotatable bonds is 8. The minimum Gasteiger partial charge on any atom is -0.462 e. The molecule has 0 spiro atoms. The van der Waals surface area contributed by atoms with Gasteiger partial charge in [0.1, 0.15) is 18.8 Å². The van der Waals surface area contributed by atoms with E-state index in [1.54, 1.807) is 6.92 Å². The highest BCUT2D eigenvalue weighted by Gasteiger charge is 2.58. The third-order valence-corrected chi connectivity index (χ3v) is 6.38. The molecule has 1 atom stereocenters. The van der Waals surface area contributed by atoms with Gasteiger partial charge in [-0.3, -0.25) is 4.79 Å². The van der Waals surface area contributed by atoms with Gasteiger partial charge < -0.3 is 14.2 Å². The van der Waals surface area contributed by atoms with Crippen LogP contribution in [0.3, 0.4) is 0 Å². The molecule has 0 aromatic carbocycles. The summed E-state index contributed by atoms with van der Waals surface area (Å²) in [7, 11) is 0. The summed E-state index contributed by atoms with van der Waals surface area (Å²) in [6.45, 7) is 2.60. The quantitative estimate of drug-likeness (QED) is 0.268. The summed E-state index contributed by atoms with van der Waals surface area (Å²) >= 11 is 0. The van der Waals surface area contributed by atoms with E-state index in [9.17, 15) is 23.2 Å².